The van der Waals surface area contributed by atoms with Crippen LogP contribution in [-0.2, 0) is 6.61 Å². The van der Waals surface area contributed by atoms with Crippen LogP contribution >= 0.6 is 0 Å². The minimum atomic E-state index is -0.0692. The fourth-order valence-electron chi connectivity index (χ4n) is 1.80. The summed E-state index contributed by atoms with van der Waals surface area (Å²) < 4.78 is 0. The molecule has 0 amide bonds. The number of H-pyrrole nitrogens is 2. The number of hydrogen-bond acceptors (Lipinski definition) is 2. The molecule has 0 saturated carbocycles. The van der Waals surface area contributed by atoms with Crippen molar-refractivity contribution in [1.82, 2.24) is 15.0 Å². The predicted octanol–water partition coefficient (Wildman–Crippen LogP) is 2.05. The molecule has 0 saturated heterocycles. The Morgan fingerprint density at radius 1 is 1.12 bits per heavy atom. The third-order valence-electron chi connectivity index (χ3n) is 2.60. The van der Waals surface area contributed by atoms with E-state index in [9.17, 15) is 0 Å². The molecule has 3 aromatic rings. The van der Waals surface area contributed by atoms with Crippen LogP contribution < -0.4 is 0 Å². The molecule has 4 nitrogen and oxygen atoms in total. The molecule has 0 radical (unpaired) electrons. The summed E-state index contributed by atoms with van der Waals surface area (Å²) in [6.45, 7) is -0.0692. The smallest absolute Gasteiger partial charge is 0.132 e. The van der Waals surface area contributed by atoms with Gasteiger partial charge in [0.15, 0.2) is 0 Å². The van der Waals surface area contributed by atoms with Gasteiger partial charge >= 0.3 is 0 Å². The number of aromatic nitrogens is 3. The van der Waals surface area contributed by atoms with Gasteiger partial charge in [0.2, 0.25) is 0 Å². The van der Waals surface area contributed by atoms with Crippen molar-refractivity contribution in [2.24, 2.45) is 0 Å². The molecule has 4 heteroatoms. The number of fused-ring (bicyclic) bond motifs is 1. The lowest BCUT2D eigenvalue weighted by atomic mass is 10.2. The molecule has 0 fully saturated rings. The molecule has 0 aliphatic carbocycles. The average molecular weight is 213 g/mol. The molecule has 80 valence electrons. The summed E-state index contributed by atoms with van der Waals surface area (Å²) in [4.78, 5) is 10.4. The van der Waals surface area contributed by atoms with Crippen molar-refractivity contribution in [3.63, 3.8) is 0 Å². The lowest BCUT2D eigenvalue weighted by molar-refractivity contribution is 0.272. The van der Waals surface area contributed by atoms with Gasteiger partial charge < -0.3 is 15.1 Å². The SMILES string of the molecule is OCc1ncc(-c2cc3ccccc3[nH]2)[nH]1. The first-order valence-corrected chi connectivity index (χ1v) is 5.09. The largest absolute Gasteiger partial charge is 0.388 e. The summed E-state index contributed by atoms with van der Waals surface area (Å²) in [6.07, 6.45) is 1.72. The van der Waals surface area contributed by atoms with Gasteiger partial charge in [0.05, 0.1) is 17.6 Å². The van der Waals surface area contributed by atoms with E-state index in [0.29, 0.717) is 5.82 Å². The lowest BCUT2D eigenvalue weighted by Crippen LogP contribution is -1.84. The van der Waals surface area contributed by atoms with E-state index in [1.807, 2.05) is 18.2 Å². The van der Waals surface area contributed by atoms with Gasteiger partial charge in [-0.2, -0.15) is 0 Å². The zero-order chi connectivity index (χ0) is 11.0. The summed E-state index contributed by atoms with van der Waals surface area (Å²) >= 11 is 0. The number of aliphatic hydroxyl groups excluding tert-OH is 1. The number of nitrogens with zero attached hydrogens (tertiary/aromatic N) is 1. The summed E-state index contributed by atoms with van der Waals surface area (Å²) in [5, 5.41) is 10.1. The maximum Gasteiger partial charge on any atom is 0.132 e. The third kappa shape index (κ3) is 1.40. The van der Waals surface area contributed by atoms with E-state index >= 15 is 0 Å². The molecule has 0 spiro atoms. The molecule has 16 heavy (non-hydrogen) atoms. The van der Waals surface area contributed by atoms with Gasteiger partial charge in [0.25, 0.3) is 0 Å². The van der Waals surface area contributed by atoms with Crippen LogP contribution in [0.15, 0.2) is 36.5 Å². The summed E-state index contributed by atoms with van der Waals surface area (Å²) in [5.41, 5.74) is 2.96. The number of imidazole rings is 1. The quantitative estimate of drug-likeness (QED) is 0.610. The van der Waals surface area contributed by atoms with Gasteiger partial charge in [-0.05, 0) is 12.1 Å². The summed E-state index contributed by atoms with van der Waals surface area (Å²) in [5.74, 6) is 0.577. The van der Waals surface area contributed by atoms with Crippen LogP contribution in [0.25, 0.3) is 22.3 Å². The van der Waals surface area contributed by atoms with E-state index in [1.165, 1.54) is 0 Å². The normalized spacial score (nSPS) is 11.1. The first kappa shape index (κ1) is 9.18. The zero-order valence-electron chi connectivity index (χ0n) is 8.57. The number of aromatic amines is 2. The minimum absolute atomic E-state index is 0.0692. The van der Waals surface area contributed by atoms with Crippen LogP contribution in [0, 0.1) is 0 Å². The molecule has 0 aliphatic heterocycles. The highest BCUT2D eigenvalue weighted by Crippen LogP contribution is 2.22. The molecular weight excluding hydrogens is 202 g/mol. The Bertz CT molecular complexity index is 591. The Morgan fingerprint density at radius 2 is 2.00 bits per heavy atom. The van der Waals surface area contributed by atoms with Gasteiger partial charge in [0, 0.05) is 10.9 Å². The van der Waals surface area contributed by atoms with E-state index in [0.717, 1.165) is 22.3 Å². The van der Waals surface area contributed by atoms with Crippen molar-refractivity contribution in [1.29, 1.82) is 0 Å². The van der Waals surface area contributed by atoms with E-state index in [4.69, 9.17) is 5.11 Å². The Kier molecular flexibility index (Phi) is 2.01. The van der Waals surface area contributed by atoms with E-state index in [2.05, 4.69) is 27.1 Å². The molecule has 0 bridgehead atoms. The van der Waals surface area contributed by atoms with Crippen molar-refractivity contribution >= 4 is 10.9 Å². The van der Waals surface area contributed by atoms with Gasteiger partial charge in [0.1, 0.15) is 12.4 Å². The van der Waals surface area contributed by atoms with Gasteiger partial charge in [-0.15, -0.1) is 0 Å². The number of para-hydroxylation sites is 1. The molecule has 3 N–H and O–H groups in total. The average Bonchev–Trinajstić information content (AvgIpc) is 2.95. The number of rotatable bonds is 2. The second-order valence-corrected chi connectivity index (χ2v) is 3.67. The summed E-state index contributed by atoms with van der Waals surface area (Å²) in [6, 6.07) is 10.1. The van der Waals surface area contributed by atoms with Gasteiger partial charge in [-0.3, -0.25) is 0 Å². The van der Waals surface area contributed by atoms with Crippen molar-refractivity contribution < 1.29 is 5.11 Å². The predicted molar refractivity (Wildman–Crippen MR) is 61.8 cm³/mol. The zero-order valence-corrected chi connectivity index (χ0v) is 8.57. The van der Waals surface area contributed by atoms with E-state index in [1.54, 1.807) is 6.20 Å². The van der Waals surface area contributed by atoms with Crippen LogP contribution in [0.5, 0.6) is 0 Å². The lowest BCUT2D eigenvalue weighted by Gasteiger charge is -1.90. The number of hydrogen-bond donors (Lipinski definition) is 3. The highest BCUT2D eigenvalue weighted by atomic mass is 16.3. The van der Waals surface area contributed by atoms with E-state index in [-0.39, 0.29) is 6.61 Å². The summed E-state index contributed by atoms with van der Waals surface area (Å²) in [7, 11) is 0. The minimum Gasteiger partial charge on any atom is -0.388 e. The molecule has 0 unspecified atom stereocenters. The standard InChI is InChI=1S/C12H11N3O/c16-7-12-13-6-11(15-12)10-5-8-3-1-2-4-9(8)14-10/h1-6,14,16H,7H2,(H,13,15). The maximum absolute atomic E-state index is 8.93. The molecule has 1 aromatic carbocycles. The molecule has 0 atom stereocenters. The van der Waals surface area contributed by atoms with Crippen LogP contribution in [0.4, 0.5) is 0 Å². The van der Waals surface area contributed by atoms with Crippen molar-refractivity contribution in [3.05, 3.63) is 42.4 Å². The number of aliphatic hydroxyl groups is 1. The monoisotopic (exact) mass is 213 g/mol. The Hall–Kier alpha value is -2.07. The second kappa shape index (κ2) is 3.50. The molecule has 3 rings (SSSR count). The fourth-order valence-corrected chi connectivity index (χ4v) is 1.80. The van der Waals surface area contributed by atoms with Crippen molar-refractivity contribution in [3.8, 4) is 11.4 Å². The molecular formula is C12H11N3O. The van der Waals surface area contributed by atoms with Crippen LogP contribution in [-0.4, -0.2) is 20.1 Å². The number of benzene rings is 1. The molecule has 2 aromatic heterocycles. The van der Waals surface area contributed by atoms with Crippen molar-refractivity contribution in [2.45, 2.75) is 6.61 Å². The van der Waals surface area contributed by atoms with Crippen molar-refractivity contribution in [2.75, 3.05) is 0 Å². The molecule has 0 aliphatic rings. The fraction of sp³-hybridized carbons (Fsp3) is 0.0833. The topological polar surface area (TPSA) is 64.7 Å². The van der Waals surface area contributed by atoms with Crippen LogP contribution in [0.2, 0.25) is 0 Å². The second-order valence-electron chi connectivity index (χ2n) is 3.67. The highest BCUT2D eigenvalue weighted by molar-refractivity contribution is 5.85. The Morgan fingerprint density at radius 3 is 2.75 bits per heavy atom. The first-order valence-electron chi connectivity index (χ1n) is 5.09. The Balaban J connectivity index is 2.11. The van der Waals surface area contributed by atoms with Crippen LogP contribution in [0.3, 0.4) is 0 Å². The third-order valence-corrected chi connectivity index (χ3v) is 2.60. The number of nitrogens with one attached hydrogen (secondary N) is 2. The van der Waals surface area contributed by atoms with E-state index < -0.39 is 0 Å². The maximum atomic E-state index is 8.93. The van der Waals surface area contributed by atoms with Crippen LogP contribution in [0.1, 0.15) is 5.82 Å². The highest BCUT2D eigenvalue weighted by Gasteiger charge is 2.05. The van der Waals surface area contributed by atoms with Gasteiger partial charge in [-0.25, -0.2) is 4.98 Å². The molecule has 2 heterocycles. The Labute approximate surface area is 92.0 Å². The first-order chi connectivity index (χ1) is 7.86. The van der Waals surface area contributed by atoms with Gasteiger partial charge in [-0.1, -0.05) is 18.2 Å².